The van der Waals surface area contributed by atoms with Crippen molar-refractivity contribution in [2.45, 2.75) is 13.1 Å². The molecular weight excluding hydrogens is 369 g/mol. The monoisotopic (exact) mass is 387 g/mol. The molecule has 0 N–H and O–H groups in total. The van der Waals surface area contributed by atoms with E-state index < -0.39 is 0 Å². The van der Waals surface area contributed by atoms with Crippen molar-refractivity contribution in [3.63, 3.8) is 0 Å². The molecule has 29 heavy (non-hydrogen) atoms. The van der Waals surface area contributed by atoms with Gasteiger partial charge in [-0.05, 0) is 42.0 Å². The van der Waals surface area contributed by atoms with Crippen molar-refractivity contribution in [3.8, 4) is 0 Å². The van der Waals surface area contributed by atoms with Crippen molar-refractivity contribution in [1.29, 1.82) is 0 Å². The first-order chi connectivity index (χ1) is 14.1. The molecule has 0 unspecified atom stereocenters. The summed E-state index contributed by atoms with van der Waals surface area (Å²) >= 11 is 0. The number of benzene rings is 3. The van der Waals surface area contributed by atoms with Gasteiger partial charge in [0.1, 0.15) is 11.4 Å². The first-order valence-electron chi connectivity index (χ1n) is 9.20. The van der Waals surface area contributed by atoms with Crippen molar-refractivity contribution in [3.05, 3.63) is 118 Å². The van der Waals surface area contributed by atoms with E-state index in [1.165, 1.54) is 18.4 Å². The van der Waals surface area contributed by atoms with Gasteiger partial charge in [0.15, 0.2) is 5.43 Å². The van der Waals surface area contributed by atoms with E-state index in [1.54, 1.807) is 65.6 Å². The van der Waals surface area contributed by atoms with Gasteiger partial charge in [-0.15, -0.1) is 0 Å². The minimum atomic E-state index is -0.343. The minimum absolute atomic E-state index is 0.0816. The van der Waals surface area contributed by atoms with Crippen LogP contribution in [0.2, 0.25) is 0 Å². The summed E-state index contributed by atoms with van der Waals surface area (Å²) in [5.74, 6) is -0.563. The zero-order chi connectivity index (χ0) is 20.2. The number of rotatable bonds is 5. The summed E-state index contributed by atoms with van der Waals surface area (Å²) in [4.78, 5) is 27.5. The third kappa shape index (κ3) is 4.09. The van der Waals surface area contributed by atoms with E-state index in [4.69, 9.17) is 4.42 Å². The van der Waals surface area contributed by atoms with Crippen LogP contribution >= 0.6 is 0 Å². The first-order valence-corrected chi connectivity index (χ1v) is 9.20. The van der Waals surface area contributed by atoms with Gasteiger partial charge in [-0.25, -0.2) is 4.39 Å². The molecule has 144 valence electrons. The Bertz CT molecular complexity index is 1200. The molecule has 0 aliphatic heterocycles. The Morgan fingerprint density at radius 1 is 0.862 bits per heavy atom. The molecule has 1 heterocycles. The highest BCUT2D eigenvalue weighted by atomic mass is 19.1. The van der Waals surface area contributed by atoms with Crippen LogP contribution in [0.4, 0.5) is 4.39 Å². The Kier molecular flexibility index (Phi) is 5.20. The van der Waals surface area contributed by atoms with Gasteiger partial charge in [-0.3, -0.25) is 9.59 Å². The van der Waals surface area contributed by atoms with Crippen molar-refractivity contribution in [2.75, 3.05) is 0 Å². The second-order valence-corrected chi connectivity index (χ2v) is 6.74. The number of nitrogens with zero attached hydrogens (tertiary/aromatic N) is 1. The molecule has 0 aliphatic carbocycles. The van der Waals surface area contributed by atoms with Gasteiger partial charge in [-0.1, -0.05) is 42.5 Å². The molecule has 5 heteroatoms. The second kappa shape index (κ2) is 8.10. The van der Waals surface area contributed by atoms with E-state index in [9.17, 15) is 14.0 Å². The van der Waals surface area contributed by atoms with E-state index in [2.05, 4.69) is 0 Å². The summed E-state index contributed by atoms with van der Waals surface area (Å²) in [5.41, 5.74) is 1.99. The molecule has 0 aliphatic rings. The van der Waals surface area contributed by atoms with Gasteiger partial charge in [0.25, 0.3) is 5.91 Å². The number of hydrogen-bond donors (Lipinski definition) is 0. The highest BCUT2D eigenvalue weighted by Gasteiger charge is 2.19. The first kappa shape index (κ1) is 18.6. The van der Waals surface area contributed by atoms with Crippen molar-refractivity contribution >= 4 is 16.9 Å². The van der Waals surface area contributed by atoms with Gasteiger partial charge >= 0.3 is 0 Å². The smallest absolute Gasteiger partial charge is 0.254 e. The zero-order valence-corrected chi connectivity index (χ0v) is 15.5. The summed E-state index contributed by atoms with van der Waals surface area (Å²) in [6.07, 6.45) is 1.40. The van der Waals surface area contributed by atoms with Crippen molar-refractivity contribution in [2.24, 2.45) is 0 Å². The largest absolute Gasteiger partial charge is 0.464 e. The van der Waals surface area contributed by atoms with Crippen LogP contribution in [0.25, 0.3) is 11.0 Å². The zero-order valence-electron chi connectivity index (χ0n) is 15.5. The second-order valence-electron chi connectivity index (χ2n) is 6.74. The third-order valence-electron chi connectivity index (χ3n) is 4.71. The summed E-state index contributed by atoms with van der Waals surface area (Å²) < 4.78 is 18.8. The van der Waals surface area contributed by atoms with E-state index >= 15 is 0 Å². The number of para-hydroxylation sites is 1. The SMILES string of the molecule is O=C(c1ccccc1)N(Cc1ccc(F)cc1)Cc1coc2ccccc2c1=O. The molecule has 0 bridgehead atoms. The van der Waals surface area contributed by atoms with Gasteiger partial charge in [0.05, 0.1) is 23.8 Å². The topological polar surface area (TPSA) is 50.5 Å². The number of amides is 1. The lowest BCUT2D eigenvalue weighted by molar-refractivity contribution is 0.0729. The maximum Gasteiger partial charge on any atom is 0.254 e. The van der Waals surface area contributed by atoms with Gasteiger partial charge < -0.3 is 9.32 Å². The fourth-order valence-electron chi connectivity index (χ4n) is 3.21. The van der Waals surface area contributed by atoms with Crippen LogP contribution in [0.3, 0.4) is 0 Å². The van der Waals surface area contributed by atoms with Gasteiger partial charge in [0.2, 0.25) is 0 Å². The van der Waals surface area contributed by atoms with Crippen LogP contribution in [0.1, 0.15) is 21.5 Å². The quantitative estimate of drug-likeness (QED) is 0.495. The van der Waals surface area contributed by atoms with Crippen LogP contribution in [0, 0.1) is 5.82 Å². The molecule has 0 saturated heterocycles. The number of carbonyl (C=O) groups is 1. The predicted octanol–water partition coefficient (Wildman–Crippen LogP) is 4.77. The molecule has 0 fully saturated rings. The highest BCUT2D eigenvalue weighted by Crippen LogP contribution is 2.16. The van der Waals surface area contributed by atoms with E-state index in [1.807, 2.05) is 6.07 Å². The summed E-state index contributed by atoms with van der Waals surface area (Å²) in [6.45, 7) is 0.318. The normalized spacial score (nSPS) is 10.8. The van der Waals surface area contributed by atoms with Crippen LogP contribution in [-0.2, 0) is 13.1 Å². The molecule has 0 saturated carbocycles. The lowest BCUT2D eigenvalue weighted by atomic mass is 10.1. The maximum absolute atomic E-state index is 13.3. The van der Waals surface area contributed by atoms with Crippen LogP contribution in [-0.4, -0.2) is 10.8 Å². The number of fused-ring (bicyclic) bond motifs is 1. The molecular formula is C24H18FNO3. The molecule has 0 atom stereocenters. The Morgan fingerprint density at radius 2 is 1.55 bits per heavy atom. The standard InChI is InChI=1S/C24H18FNO3/c25-20-12-10-17(11-13-20)14-26(24(28)18-6-2-1-3-7-18)15-19-16-29-22-9-5-4-8-21(22)23(19)27/h1-13,16H,14-15H2. The fourth-order valence-corrected chi connectivity index (χ4v) is 3.21. The maximum atomic E-state index is 13.3. The Labute approximate surface area is 166 Å². The average molecular weight is 387 g/mol. The molecule has 1 aromatic heterocycles. The third-order valence-corrected chi connectivity index (χ3v) is 4.71. The number of hydrogen-bond acceptors (Lipinski definition) is 3. The Balaban J connectivity index is 1.70. The van der Waals surface area contributed by atoms with Gasteiger partial charge in [-0.2, -0.15) is 0 Å². The predicted molar refractivity (Wildman–Crippen MR) is 109 cm³/mol. The molecule has 4 aromatic rings. The summed E-state index contributed by atoms with van der Waals surface area (Å²) in [5, 5.41) is 0.471. The van der Waals surface area contributed by atoms with E-state index in [0.29, 0.717) is 22.1 Å². The van der Waals surface area contributed by atoms with E-state index in [0.717, 1.165) is 5.56 Å². The summed E-state index contributed by atoms with van der Waals surface area (Å²) in [7, 11) is 0. The van der Waals surface area contributed by atoms with Gasteiger partial charge in [0, 0.05) is 12.1 Å². The number of carbonyl (C=O) groups excluding carboxylic acids is 1. The van der Waals surface area contributed by atoms with Crippen LogP contribution in [0.15, 0.2) is 94.3 Å². The lowest BCUT2D eigenvalue weighted by Gasteiger charge is -2.23. The molecule has 4 rings (SSSR count). The molecule has 1 amide bonds. The number of halogens is 1. The fraction of sp³-hybridized carbons (Fsp3) is 0.0833. The van der Waals surface area contributed by atoms with Crippen molar-refractivity contribution in [1.82, 2.24) is 4.90 Å². The van der Waals surface area contributed by atoms with Crippen LogP contribution in [0.5, 0.6) is 0 Å². The highest BCUT2D eigenvalue weighted by molar-refractivity contribution is 5.94. The lowest BCUT2D eigenvalue weighted by Crippen LogP contribution is -2.32. The Hall–Kier alpha value is -3.73. The summed E-state index contributed by atoms with van der Waals surface area (Å²) in [6, 6.07) is 21.8. The molecule has 3 aromatic carbocycles. The minimum Gasteiger partial charge on any atom is -0.464 e. The molecule has 0 radical (unpaired) electrons. The molecule has 0 spiro atoms. The van der Waals surface area contributed by atoms with Crippen LogP contribution < -0.4 is 5.43 Å². The average Bonchev–Trinajstić information content (AvgIpc) is 2.77. The van der Waals surface area contributed by atoms with Crippen molar-refractivity contribution < 1.29 is 13.6 Å². The van der Waals surface area contributed by atoms with E-state index in [-0.39, 0.29) is 30.2 Å². The molecule has 4 nitrogen and oxygen atoms in total. The Morgan fingerprint density at radius 3 is 2.31 bits per heavy atom.